The van der Waals surface area contributed by atoms with E-state index in [9.17, 15) is 0 Å². The van der Waals surface area contributed by atoms with E-state index < -0.39 is 0 Å². The van der Waals surface area contributed by atoms with Crippen molar-refractivity contribution in [1.82, 2.24) is 15.1 Å². The van der Waals surface area contributed by atoms with E-state index >= 15 is 0 Å². The van der Waals surface area contributed by atoms with Gasteiger partial charge in [0.25, 0.3) is 0 Å². The van der Waals surface area contributed by atoms with Gasteiger partial charge in [-0.25, -0.2) is 0 Å². The molecule has 2 N–H and O–H groups in total. The third kappa shape index (κ3) is 4.31. The van der Waals surface area contributed by atoms with Crippen molar-refractivity contribution >= 4 is 23.0 Å². The highest BCUT2D eigenvalue weighted by Gasteiger charge is 2.14. The van der Waals surface area contributed by atoms with Gasteiger partial charge in [0.2, 0.25) is 0 Å². The molecule has 0 radical (unpaired) electrons. The second kappa shape index (κ2) is 7.40. The first-order valence-electron chi connectivity index (χ1n) is 7.93. The van der Waals surface area contributed by atoms with Crippen LogP contribution in [0, 0.1) is 0 Å². The highest BCUT2D eigenvalue weighted by molar-refractivity contribution is 7.80. The summed E-state index contributed by atoms with van der Waals surface area (Å²) in [6.07, 6.45) is 10.2. The highest BCUT2D eigenvalue weighted by Crippen LogP contribution is 2.17. The number of nitrogens with zero attached hydrogens (tertiary/aromatic N) is 2. The number of nitrogens with one attached hydrogen (secondary N) is 2. The molecule has 1 saturated carbocycles. The van der Waals surface area contributed by atoms with E-state index in [2.05, 4.69) is 27.9 Å². The lowest BCUT2D eigenvalue weighted by atomic mass is 9.96. The van der Waals surface area contributed by atoms with Crippen LogP contribution < -0.4 is 10.6 Å². The Bertz CT molecular complexity index is 602. The minimum atomic E-state index is 0.521. The molecule has 1 aromatic carbocycles. The van der Waals surface area contributed by atoms with Crippen molar-refractivity contribution in [1.29, 1.82) is 0 Å². The molecule has 5 heteroatoms. The number of aromatic nitrogens is 2. The Labute approximate surface area is 136 Å². The summed E-state index contributed by atoms with van der Waals surface area (Å²) in [4.78, 5) is 0. The summed E-state index contributed by atoms with van der Waals surface area (Å²) < 4.78 is 1.92. The Balaban J connectivity index is 1.51. The van der Waals surface area contributed by atoms with Crippen molar-refractivity contribution in [3.63, 3.8) is 0 Å². The molecule has 1 fully saturated rings. The summed E-state index contributed by atoms with van der Waals surface area (Å²) in [5.41, 5.74) is 2.17. The lowest BCUT2D eigenvalue weighted by Crippen LogP contribution is -2.38. The molecule has 0 spiro atoms. The van der Waals surface area contributed by atoms with E-state index in [1.807, 2.05) is 35.3 Å². The molecule has 0 amide bonds. The number of rotatable bonds is 4. The number of thiocarbonyl (C=S) groups is 1. The van der Waals surface area contributed by atoms with Crippen LogP contribution in [0.2, 0.25) is 0 Å². The second-order valence-electron chi connectivity index (χ2n) is 5.85. The van der Waals surface area contributed by atoms with Gasteiger partial charge in [0.05, 0.1) is 18.4 Å². The second-order valence-corrected chi connectivity index (χ2v) is 6.25. The van der Waals surface area contributed by atoms with Crippen LogP contribution in [0.15, 0.2) is 42.7 Å². The lowest BCUT2D eigenvalue weighted by Gasteiger charge is -2.24. The molecular formula is C17H22N4S. The van der Waals surface area contributed by atoms with Crippen molar-refractivity contribution < 1.29 is 0 Å². The molecule has 4 nitrogen and oxygen atoms in total. The SMILES string of the molecule is S=C(Nc1cnn(Cc2ccccc2)c1)NC1CCCCC1. The van der Waals surface area contributed by atoms with Crippen LogP contribution in [-0.4, -0.2) is 20.9 Å². The van der Waals surface area contributed by atoms with Gasteiger partial charge in [0.15, 0.2) is 5.11 Å². The molecule has 1 aromatic heterocycles. The molecule has 1 aliphatic carbocycles. The predicted molar refractivity (Wildman–Crippen MR) is 94.0 cm³/mol. The monoisotopic (exact) mass is 314 g/mol. The molecule has 0 bridgehead atoms. The molecule has 2 aromatic rings. The Morgan fingerprint density at radius 3 is 2.73 bits per heavy atom. The van der Waals surface area contributed by atoms with Gasteiger partial charge in [-0.05, 0) is 30.6 Å². The van der Waals surface area contributed by atoms with Gasteiger partial charge in [0, 0.05) is 12.2 Å². The molecule has 1 aliphatic rings. The molecule has 22 heavy (non-hydrogen) atoms. The third-order valence-corrected chi connectivity index (χ3v) is 4.24. The lowest BCUT2D eigenvalue weighted by molar-refractivity contribution is 0.415. The summed E-state index contributed by atoms with van der Waals surface area (Å²) in [7, 11) is 0. The largest absolute Gasteiger partial charge is 0.360 e. The van der Waals surface area contributed by atoms with Crippen LogP contribution in [0.25, 0.3) is 0 Å². The summed E-state index contributed by atoms with van der Waals surface area (Å²) in [5.74, 6) is 0. The summed E-state index contributed by atoms with van der Waals surface area (Å²) in [6, 6.07) is 10.8. The first-order chi connectivity index (χ1) is 10.8. The van der Waals surface area contributed by atoms with Crippen LogP contribution in [0.3, 0.4) is 0 Å². The van der Waals surface area contributed by atoms with Gasteiger partial charge in [0.1, 0.15) is 0 Å². The van der Waals surface area contributed by atoms with E-state index in [0.29, 0.717) is 11.2 Å². The topological polar surface area (TPSA) is 41.9 Å². The zero-order valence-corrected chi connectivity index (χ0v) is 13.5. The molecular weight excluding hydrogens is 292 g/mol. The fourth-order valence-electron chi connectivity index (χ4n) is 2.88. The van der Waals surface area contributed by atoms with E-state index in [0.717, 1.165) is 12.2 Å². The number of anilines is 1. The normalized spacial score (nSPS) is 15.5. The maximum absolute atomic E-state index is 5.40. The average Bonchev–Trinajstić information content (AvgIpc) is 2.96. The van der Waals surface area contributed by atoms with Gasteiger partial charge < -0.3 is 10.6 Å². The van der Waals surface area contributed by atoms with Crippen LogP contribution in [0.5, 0.6) is 0 Å². The summed E-state index contributed by atoms with van der Waals surface area (Å²) in [5, 5.41) is 11.7. The molecule has 0 unspecified atom stereocenters. The van der Waals surface area contributed by atoms with Crippen molar-refractivity contribution in [3.8, 4) is 0 Å². The van der Waals surface area contributed by atoms with Gasteiger partial charge in [-0.3, -0.25) is 4.68 Å². The van der Waals surface area contributed by atoms with Crippen LogP contribution in [0.1, 0.15) is 37.7 Å². The van der Waals surface area contributed by atoms with Crippen LogP contribution in [-0.2, 0) is 6.54 Å². The zero-order chi connectivity index (χ0) is 15.2. The van der Waals surface area contributed by atoms with Crippen molar-refractivity contribution in [2.75, 3.05) is 5.32 Å². The van der Waals surface area contributed by atoms with Crippen molar-refractivity contribution in [2.45, 2.75) is 44.7 Å². The number of benzene rings is 1. The Hall–Kier alpha value is -1.88. The average molecular weight is 314 g/mol. The fraction of sp³-hybridized carbons (Fsp3) is 0.412. The van der Waals surface area contributed by atoms with E-state index in [-0.39, 0.29) is 0 Å². The molecule has 0 saturated heterocycles. The smallest absolute Gasteiger partial charge is 0.171 e. The molecule has 0 atom stereocenters. The van der Waals surface area contributed by atoms with Crippen LogP contribution >= 0.6 is 12.2 Å². The minimum Gasteiger partial charge on any atom is -0.360 e. The Morgan fingerprint density at radius 2 is 1.95 bits per heavy atom. The fourth-order valence-corrected chi connectivity index (χ4v) is 3.17. The van der Waals surface area contributed by atoms with Gasteiger partial charge in [-0.15, -0.1) is 0 Å². The molecule has 0 aliphatic heterocycles. The standard InChI is InChI=1S/C17H22N4S/c22-17(19-15-9-5-2-6-10-15)20-16-11-18-21(13-16)12-14-7-3-1-4-8-14/h1,3-4,7-8,11,13,15H,2,5-6,9-10,12H2,(H2,19,20,22). The highest BCUT2D eigenvalue weighted by atomic mass is 32.1. The predicted octanol–water partition coefficient (Wildman–Crippen LogP) is 3.55. The van der Waals surface area contributed by atoms with Crippen molar-refractivity contribution in [3.05, 3.63) is 48.3 Å². The van der Waals surface area contributed by atoms with Crippen molar-refractivity contribution in [2.24, 2.45) is 0 Å². The maximum Gasteiger partial charge on any atom is 0.171 e. The molecule has 1 heterocycles. The third-order valence-electron chi connectivity index (χ3n) is 4.02. The Morgan fingerprint density at radius 1 is 1.18 bits per heavy atom. The van der Waals surface area contributed by atoms with E-state index in [1.54, 1.807) is 0 Å². The van der Waals surface area contributed by atoms with Gasteiger partial charge in [-0.2, -0.15) is 5.10 Å². The van der Waals surface area contributed by atoms with E-state index in [1.165, 1.54) is 37.7 Å². The zero-order valence-electron chi connectivity index (χ0n) is 12.7. The van der Waals surface area contributed by atoms with Crippen LogP contribution in [0.4, 0.5) is 5.69 Å². The molecule has 116 valence electrons. The van der Waals surface area contributed by atoms with E-state index in [4.69, 9.17) is 12.2 Å². The maximum atomic E-state index is 5.40. The number of hydrogen-bond donors (Lipinski definition) is 2. The molecule has 3 rings (SSSR count). The van der Waals surface area contributed by atoms with Gasteiger partial charge in [-0.1, -0.05) is 49.6 Å². The Kier molecular flexibility index (Phi) is 5.06. The van der Waals surface area contributed by atoms with Gasteiger partial charge >= 0.3 is 0 Å². The number of hydrogen-bond acceptors (Lipinski definition) is 2. The first-order valence-corrected chi connectivity index (χ1v) is 8.34. The quantitative estimate of drug-likeness (QED) is 0.847. The summed E-state index contributed by atoms with van der Waals surface area (Å²) in [6.45, 7) is 0.769. The summed E-state index contributed by atoms with van der Waals surface area (Å²) >= 11 is 5.40. The first kappa shape index (κ1) is 15.0. The minimum absolute atomic E-state index is 0.521.